The van der Waals surface area contributed by atoms with Gasteiger partial charge in [0.25, 0.3) is 0 Å². The number of para-hydroxylation sites is 1. The van der Waals surface area contributed by atoms with E-state index in [4.69, 9.17) is 0 Å². The molecule has 1 aliphatic heterocycles. The molecule has 0 N–H and O–H groups in total. The highest BCUT2D eigenvalue weighted by Crippen LogP contribution is 2.32. The zero-order valence-electron chi connectivity index (χ0n) is 17.3. The van der Waals surface area contributed by atoms with Gasteiger partial charge in [0.15, 0.2) is 9.84 Å². The van der Waals surface area contributed by atoms with Crippen LogP contribution in [0.4, 0.5) is 13.2 Å². The van der Waals surface area contributed by atoms with E-state index < -0.39 is 27.3 Å². The summed E-state index contributed by atoms with van der Waals surface area (Å²) in [5.74, 6) is -0.641. The molecule has 0 saturated carbocycles. The lowest BCUT2D eigenvalue weighted by Crippen LogP contribution is -2.37. The summed E-state index contributed by atoms with van der Waals surface area (Å²) in [4.78, 5) is 14.5. The number of halogens is 3. The quantitative estimate of drug-likeness (QED) is 0.553. The van der Waals surface area contributed by atoms with Gasteiger partial charge in [0.05, 0.1) is 16.2 Å². The number of sulfone groups is 1. The average molecular weight is 465 g/mol. The Kier molecular flexibility index (Phi) is 6.03. The van der Waals surface area contributed by atoms with Gasteiger partial charge in [0.1, 0.15) is 6.54 Å². The first-order valence-corrected chi connectivity index (χ1v) is 12.0. The van der Waals surface area contributed by atoms with Gasteiger partial charge in [0, 0.05) is 30.2 Å². The molecular formula is C23H23F3N2O3S. The van der Waals surface area contributed by atoms with Crippen molar-refractivity contribution in [3.63, 3.8) is 0 Å². The lowest BCUT2D eigenvalue weighted by atomic mass is 10.1. The summed E-state index contributed by atoms with van der Waals surface area (Å²) in [5, 5.41) is 0.450. The predicted molar refractivity (Wildman–Crippen MR) is 115 cm³/mol. The molecule has 0 atom stereocenters. The molecule has 4 rings (SSSR count). The summed E-state index contributed by atoms with van der Waals surface area (Å²) in [6, 6.07) is 11.2. The zero-order valence-corrected chi connectivity index (χ0v) is 18.1. The monoisotopic (exact) mass is 464 g/mol. The van der Waals surface area contributed by atoms with Gasteiger partial charge in [-0.3, -0.25) is 4.79 Å². The Balaban J connectivity index is 1.66. The maximum atomic E-state index is 13.2. The molecule has 2 aromatic carbocycles. The van der Waals surface area contributed by atoms with Crippen LogP contribution in [-0.4, -0.2) is 36.9 Å². The highest BCUT2D eigenvalue weighted by atomic mass is 32.2. The average Bonchev–Trinajstić information content (AvgIpc) is 3.13. The molecule has 9 heteroatoms. The highest BCUT2D eigenvalue weighted by molar-refractivity contribution is 7.90. The fourth-order valence-electron chi connectivity index (χ4n) is 4.12. The smallest absolute Gasteiger partial charge is 0.341 e. The third-order valence-electron chi connectivity index (χ3n) is 5.71. The minimum absolute atomic E-state index is 0.0111. The largest absolute Gasteiger partial charge is 0.416 e. The second-order valence-electron chi connectivity index (χ2n) is 8.04. The predicted octanol–water partition coefficient (Wildman–Crippen LogP) is 4.65. The van der Waals surface area contributed by atoms with Gasteiger partial charge >= 0.3 is 6.18 Å². The fraction of sp³-hybridized carbons (Fsp3) is 0.348. The van der Waals surface area contributed by atoms with Gasteiger partial charge in [-0.05, 0) is 37.0 Å². The summed E-state index contributed by atoms with van der Waals surface area (Å²) < 4.78 is 67.1. The van der Waals surface area contributed by atoms with E-state index in [1.807, 2.05) is 0 Å². The summed E-state index contributed by atoms with van der Waals surface area (Å²) in [7, 11) is -3.96. The van der Waals surface area contributed by atoms with E-state index in [-0.39, 0.29) is 22.9 Å². The summed E-state index contributed by atoms with van der Waals surface area (Å²) in [5.41, 5.74) is -0.235. The number of alkyl halides is 3. The maximum absolute atomic E-state index is 13.2. The van der Waals surface area contributed by atoms with Crippen LogP contribution in [0.1, 0.15) is 30.4 Å². The number of amides is 1. The normalized spacial score (nSPS) is 15.3. The van der Waals surface area contributed by atoms with Gasteiger partial charge in [-0.1, -0.05) is 36.4 Å². The Morgan fingerprint density at radius 1 is 0.969 bits per heavy atom. The number of aromatic nitrogens is 1. The molecule has 0 unspecified atom stereocenters. The molecule has 0 spiro atoms. The van der Waals surface area contributed by atoms with Crippen molar-refractivity contribution in [2.24, 2.45) is 0 Å². The Labute approximate surface area is 184 Å². The van der Waals surface area contributed by atoms with Gasteiger partial charge in [0.2, 0.25) is 5.91 Å². The molecule has 0 aliphatic carbocycles. The van der Waals surface area contributed by atoms with E-state index in [2.05, 4.69) is 0 Å². The number of carbonyl (C=O) groups is 1. The first kappa shape index (κ1) is 22.4. The molecule has 1 aliphatic rings. The second-order valence-corrected chi connectivity index (χ2v) is 10.00. The van der Waals surface area contributed by atoms with Crippen molar-refractivity contribution in [3.8, 4) is 0 Å². The molecule has 0 bridgehead atoms. The lowest BCUT2D eigenvalue weighted by Gasteiger charge is -2.27. The molecule has 3 aromatic rings. The molecule has 5 nitrogen and oxygen atoms in total. The van der Waals surface area contributed by atoms with Crippen molar-refractivity contribution in [1.29, 1.82) is 0 Å². The van der Waals surface area contributed by atoms with Crippen LogP contribution in [0.3, 0.4) is 0 Å². The van der Waals surface area contributed by atoms with E-state index in [9.17, 15) is 26.4 Å². The van der Waals surface area contributed by atoms with Gasteiger partial charge in [-0.25, -0.2) is 8.42 Å². The van der Waals surface area contributed by atoms with Crippen molar-refractivity contribution < 1.29 is 26.4 Å². The van der Waals surface area contributed by atoms with E-state index in [1.54, 1.807) is 33.7 Å². The van der Waals surface area contributed by atoms with Crippen LogP contribution in [0.15, 0.2) is 59.6 Å². The number of benzene rings is 2. The van der Waals surface area contributed by atoms with Gasteiger partial charge < -0.3 is 9.47 Å². The molecule has 1 aromatic heterocycles. The number of rotatable bonds is 5. The van der Waals surface area contributed by atoms with Crippen LogP contribution in [0, 0.1) is 0 Å². The van der Waals surface area contributed by atoms with E-state index >= 15 is 0 Å². The van der Waals surface area contributed by atoms with E-state index in [0.29, 0.717) is 24.0 Å². The third kappa shape index (κ3) is 4.67. The van der Waals surface area contributed by atoms with Crippen LogP contribution in [0.5, 0.6) is 0 Å². The molecule has 2 heterocycles. The number of fused-ring (bicyclic) bond motifs is 1. The van der Waals surface area contributed by atoms with E-state index in [1.165, 1.54) is 18.3 Å². The maximum Gasteiger partial charge on any atom is 0.416 e. The SMILES string of the molecule is O=C(Cn1cc(S(=O)(=O)Cc2cccc(C(F)(F)F)c2)c2ccccc21)N1CCCCC1. The fourth-order valence-corrected chi connectivity index (χ4v) is 5.68. The Hall–Kier alpha value is -2.81. The van der Waals surface area contributed by atoms with Gasteiger partial charge in [-0.2, -0.15) is 13.2 Å². The van der Waals surface area contributed by atoms with Crippen molar-refractivity contribution in [3.05, 3.63) is 65.9 Å². The van der Waals surface area contributed by atoms with Crippen LogP contribution in [0.25, 0.3) is 10.9 Å². The zero-order chi connectivity index (χ0) is 22.9. The standard InChI is InChI=1S/C23H23F3N2O3S/c24-23(25,26)18-8-6-7-17(13-18)16-32(30,31)21-14-28(20-10-3-2-9-19(20)21)15-22(29)27-11-4-1-5-12-27/h2-3,6-10,13-14H,1,4-5,11-12,15-16H2. The van der Waals surface area contributed by atoms with Crippen molar-refractivity contribution in [1.82, 2.24) is 9.47 Å². The Bertz CT molecular complexity index is 1240. The highest BCUT2D eigenvalue weighted by Gasteiger charge is 2.31. The number of nitrogens with zero attached hydrogens (tertiary/aromatic N) is 2. The Morgan fingerprint density at radius 3 is 2.41 bits per heavy atom. The minimum atomic E-state index is -4.55. The van der Waals surface area contributed by atoms with Crippen molar-refractivity contribution >= 4 is 26.6 Å². The minimum Gasteiger partial charge on any atom is -0.341 e. The van der Waals surface area contributed by atoms with Crippen LogP contribution < -0.4 is 0 Å². The molecule has 170 valence electrons. The number of carbonyl (C=O) groups excluding carboxylic acids is 1. The molecule has 32 heavy (non-hydrogen) atoms. The molecule has 1 amide bonds. The lowest BCUT2D eigenvalue weighted by molar-refractivity contribution is -0.137. The number of piperidine rings is 1. The topological polar surface area (TPSA) is 59.4 Å². The first-order valence-electron chi connectivity index (χ1n) is 10.4. The van der Waals surface area contributed by atoms with Gasteiger partial charge in [-0.15, -0.1) is 0 Å². The van der Waals surface area contributed by atoms with Crippen LogP contribution in [0.2, 0.25) is 0 Å². The summed E-state index contributed by atoms with van der Waals surface area (Å²) in [6.07, 6.45) is -0.127. The molecule has 0 radical (unpaired) electrons. The second kappa shape index (κ2) is 8.61. The molecule has 1 saturated heterocycles. The third-order valence-corrected chi connectivity index (χ3v) is 7.42. The summed E-state index contributed by atoms with van der Waals surface area (Å²) in [6.45, 7) is 1.40. The number of hydrogen-bond donors (Lipinski definition) is 0. The van der Waals surface area contributed by atoms with Crippen molar-refractivity contribution in [2.75, 3.05) is 13.1 Å². The summed E-state index contributed by atoms with van der Waals surface area (Å²) >= 11 is 0. The molecule has 1 fully saturated rings. The number of hydrogen-bond acceptors (Lipinski definition) is 3. The number of likely N-dealkylation sites (tertiary alicyclic amines) is 1. The van der Waals surface area contributed by atoms with E-state index in [0.717, 1.165) is 31.4 Å². The van der Waals surface area contributed by atoms with Crippen LogP contribution >= 0.6 is 0 Å². The Morgan fingerprint density at radius 2 is 1.69 bits per heavy atom. The van der Waals surface area contributed by atoms with Crippen molar-refractivity contribution in [2.45, 2.75) is 42.6 Å². The molecular weight excluding hydrogens is 441 g/mol. The first-order chi connectivity index (χ1) is 15.1. The van der Waals surface area contributed by atoms with Crippen LogP contribution in [-0.2, 0) is 33.1 Å².